The quantitative estimate of drug-likeness (QED) is 0.711. The number of nitrogens with zero attached hydrogens (tertiary/aromatic N) is 4. The van der Waals surface area contributed by atoms with Crippen molar-refractivity contribution in [2.24, 2.45) is 5.92 Å². The monoisotopic (exact) mass is 483 g/mol. The van der Waals surface area contributed by atoms with Gasteiger partial charge in [0.15, 0.2) is 0 Å². The number of likely N-dealkylation sites (N-methyl/N-ethyl adjacent to an activating group) is 1. The van der Waals surface area contributed by atoms with Crippen molar-refractivity contribution in [3.8, 4) is 5.75 Å². The van der Waals surface area contributed by atoms with Crippen molar-refractivity contribution in [2.75, 3.05) is 39.2 Å². The highest BCUT2D eigenvalue weighted by Gasteiger charge is 2.30. The Balaban J connectivity index is 1.94. The summed E-state index contributed by atoms with van der Waals surface area (Å²) in [7, 11) is 3.32. The number of carbonyl (C=O) groups is 3. The predicted octanol–water partition coefficient (Wildman–Crippen LogP) is 2.47. The molecule has 35 heavy (non-hydrogen) atoms. The normalized spacial score (nSPS) is 21.3. The van der Waals surface area contributed by atoms with Crippen molar-refractivity contribution in [3.05, 3.63) is 48.0 Å². The minimum atomic E-state index is -0.431. The van der Waals surface area contributed by atoms with E-state index in [-0.39, 0.29) is 42.2 Å². The van der Waals surface area contributed by atoms with Crippen LogP contribution in [-0.4, -0.2) is 83.5 Å². The van der Waals surface area contributed by atoms with E-state index in [0.29, 0.717) is 36.5 Å². The molecular formula is C25H33N5O5. The van der Waals surface area contributed by atoms with Gasteiger partial charge in [0.1, 0.15) is 18.1 Å². The molecule has 3 rings (SSSR count). The molecule has 10 heteroatoms. The van der Waals surface area contributed by atoms with Gasteiger partial charge in [0, 0.05) is 63.7 Å². The molecule has 0 aliphatic carbocycles. The van der Waals surface area contributed by atoms with Crippen LogP contribution in [0.3, 0.4) is 0 Å². The molecule has 0 radical (unpaired) electrons. The molecule has 0 saturated carbocycles. The van der Waals surface area contributed by atoms with E-state index in [1.807, 2.05) is 20.8 Å². The molecule has 1 aromatic carbocycles. The Labute approximate surface area is 205 Å². The van der Waals surface area contributed by atoms with Gasteiger partial charge in [-0.2, -0.15) is 0 Å². The molecule has 1 aliphatic heterocycles. The number of hydrogen-bond donors (Lipinski definition) is 1. The maximum atomic E-state index is 13.3. The van der Waals surface area contributed by atoms with E-state index in [0.717, 1.165) is 0 Å². The summed E-state index contributed by atoms with van der Waals surface area (Å²) in [5, 5.41) is 2.76. The fourth-order valence-corrected chi connectivity index (χ4v) is 4.01. The topological polar surface area (TPSA) is 114 Å². The summed E-state index contributed by atoms with van der Waals surface area (Å²) in [6, 6.07) is 4.63. The molecule has 0 unspecified atom stereocenters. The number of rotatable bonds is 4. The van der Waals surface area contributed by atoms with Gasteiger partial charge in [0.25, 0.3) is 11.8 Å². The fourth-order valence-electron chi connectivity index (χ4n) is 4.01. The highest BCUT2D eigenvalue weighted by Crippen LogP contribution is 2.27. The number of carbonyl (C=O) groups excluding carboxylic acids is 3. The average molecular weight is 484 g/mol. The van der Waals surface area contributed by atoms with Crippen LogP contribution in [0.2, 0.25) is 0 Å². The number of methoxy groups -OCH3 is 1. The van der Waals surface area contributed by atoms with Crippen molar-refractivity contribution >= 4 is 23.4 Å². The fraction of sp³-hybridized carbons (Fsp3) is 0.480. The van der Waals surface area contributed by atoms with Gasteiger partial charge < -0.3 is 24.6 Å². The van der Waals surface area contributed by atoms with Gasteiger partial charge in [-0.1, -0.05) is 13.8 Å². The summed E-state index contributed by atoms with van der Waals surface area (Å²) in [5.41, 5.74) is 0.965. The summed E-state index contributed by atoms with van der Waals surface area (Å²) < 4.78 is 11.8. The maximum Gasteiger partial charge on any atom is 0.275 e. The predicted molar refractivity (Wildman–Crippen MR) is 130 cm³/mol. The van der Waals surface area contributed by atoms with Gasteiger partial charge in [-0.15, -0.1) is 0 Å². The Bertz CT molecular complexity index is 1050. The van der Waals surface area contributed by atoms with Crippen LogP contribution in [0, 0.1) is 5.92 Å². The molecule has 0 fully saturated rings. The van der Waals surface area contributed by atoms with Crippen LogP contribution in [0.15, 0.2) is 36.8 Å². The van der Waals surface area contributed by atoms with Crippen molar-refractivity contribution in [3.63, 3.8) is 0 Å². The second-order valence-electron chi connectivity index (χ2n) is 8.75. The maximum absolute atomic E-state index is 13.3. The second-order valence-corrected chi connectivity index (χ2v) is 8.75. The summed E-state index contributed by atoms with van der Waals surface area (Å²) >= 11 is 0. The molecule has 188 valence electrons. The van der Waals surface area contributed by atoms with Gasteiger partial charge in [-0.25, -0.2) is 4.98 Å². The van der Waals surface area contributed by atoms with Gasteiger partial charge in [0.05, 0.1) is 23.9 Å². The Morgan fingerprint density at radius 3 is 2.66 bits per heavy atom. The van der Waals surface area contributed by atoms with Crippen LogP contribution < -0.4 is 10.1 Å². The summed E-state index contributed by atoms with van der Waals surface area (Å²) in [5.74, 6) is -0.312. The number of ether oxygens (including phenoxy) is 2. The molecule has 1 aromatic heterocycles. The highest BCUT2D eigenvalue weighted by molar-refractivity contribution is 6.03. The third-order valence-electron chi connectivity index (χ3n) is 6.12. The number of aromatic nitrogens is 2. The Morgan fingerprint density at radius 2 is 2.00 bits per heavy atom. The zero-order valence-corrected chi connectivity index (χ0v) is 20.9. The van der Waals surface area contributed by atoms with Crippen molar-refractivity contribution in [2.45, 2.75) is 39.3 Å². The second kappa shape index (κ2) is 11.7. The average Bonchev–Trinajstić information content (AvgIpc) is 2.87. The number of hydrogen-bond acceptors (Lipinski definition) is 7. The van der Waals surface area contributed by atoms with E-state index in [9.17, 15) is 14.4 Å². The van der Waals surface area contributed by atoms with Crippen molar-refractivity contribution < 1.29 is 23.9 Å². The van der Waals surface area contributed by atoms with Crippen molar-refractivity contribution in [1.29, 1.82) is 0 Å². The minimum Gasteiger partial charge on any atom is -0.491 e. The first-order chi connectivity index (χ1) is 16.7. The van der Waals surface area contributed by atoms with Gasteiger partial charge in [-0.3, -0.25) is 19.4 Å². The molecule has 2 aromatic rings. The van der Waals surface area contributed by atoms with Gasteiger partial charge >= 0.3 is 0 Å². The molecule has 1 N–H and O–H groups in total. The molecular weight excluding hydrogens is 450 g/mol. The molecule has 0 bridgehead atoms. The van der Waals surface area contributed by atoms with E-state index in [1.165, 1.54) is 18.6 Å². The molecule has 0 saturated heterocycles. The number of anilines is 1. The molecule has 3 atom stereocenters. The number of fused-ring (bicyclic) bond motifs is 1. The van der Waals surface area contributed by atoms with Gasteiger partial charge in [-0.05, 0) is 19.1 Å². The first-order valence-electron chi connectivity index (χ1n) is 11.7. The Kier molecular flexibility index (Phi) is 8.75. The van der Waals surface area contributed by atoms with Crippen molar-refractivity contribution in [1.82, 2.24) is 19.8 Å². The number of benzene rings is 1. The summed E-state index contributed by atoms with van der Waals surface area (Å²) in [6.07, 6.45) is 4.41. The molecule has 0 spiro atoms. The third-order valence-corrected chi connectivity index (χ3v) is 6.12. The van der Waals surface area contributed by atoms with Crippen LogP contribution in [0.4, 0.5) is 5.69 Å². The largest absolute Gasteiger partial charge is 0.491 e. The lowest BCUT2D eigenvalue weighted by Gasteiger charge is -2.36. The van der Waals surface area contributed by atoms with Crippen LogP contribution in [0.25, 0.3) is 0 Å². The lowest BCUT2D eigenvalue weighted by molar-refractivity contribution is -0.135. The zero-order chi connectivity index (χ0) is 25.5. The SMILES string of the molecule is CCC(=O)N1C[C@H](C)[C@@H](OC)CN(C)C(=O)c2ccc(NC(=O)c3cnccn3)cc2OC[C@H]1C. The van der Waals surface area contributed by atoms with Crippen LogP contribution in [0.5, 0.6) is 5.75 Å². The smallest absolute Gasteiger partial charge is 0.275 e. The third kappa shape index (κ3) is 6.33. The summed E-state index contributed by atoms with van der Waals surface area (Å²) in [6.45, 7) is 6.78. The Morgan fingerprint density at radius 1 is 1.23 bits per heavy atom. The summed E-state index contributed by atoms with van der Waals surface area (Å²) in [4.78, 5) is 49.8. The molecule has 2 heterocycles. The van der Waals surface area contributed by atoms with E-state index in [2.05, 4.69) is 15.3 Å². The number of nitrogens with one attached hydrogen (secondary N) is 1. The first kappa shape index (κ1) is 26.1. The number of amides is 3. The highest BCUT2D eigenvalue weighted by atomic mass is 16.5. The first-order valence-corrected chi connectivity index (χ1v) is 11.7. The van der Waals surface area contributed by atoms with Gasteiger partial charge in [0.2, 0.25) is 5.91 Å². The lowest BCUT2D eigenvalue weighted by atomic mass is 10.0. The van der Waals surface area contributed by atoms with Crippen LogP contribution in [0.1, 0.15) is 48.0 Å². The minimum absolute atomic E-state index is 0.00534. The Hall–Kier alpha value is -3.53. The van der Waals surface area contributed by atoms with E-state index in [4.69, 9.17) is 9.47 Å². The molecule has 10 nitrogen and oxygen atoms in total. The van der Waals surface area contributed by atoms with E-state index < -0.39 is 5.91 Å². The standard InChI is InChI=1S/C25H33N5O5/c1-6-23(31)30-13-16(2)22(34-5)14-29(4)25(33)19-8-7-18(11-21(19)35-15-17(30)3)28-24(32)20-12-26-9-10-27-20/h7-12,16-17,22H,6,13-15H2,1-5H3,(H,28,32)/t16-,17+,22-/m0/s1. The van der Waals surface area contributed by atoms with E-state index >= 15 is 0 Å². The molecule has 1 aliphatic rings. The van der Waals surface area contributed by atoms with Crippen LogP contribution in [-0.2, 0) is 9.53 Å². The lowest BCUT2D eigenvalue weighted by Crippen LogP contribution is -2.48. The van der Waals surface area contributed by atoms with E-state index in [1.54, 1.807) is 42.2 Å². The molecule has 3 amide bonds. The zero-order valence-electron chi connectivity index (χ0n) is 20.9. The van der Waals surface area contributed by atoms with Crippen LogP contribution >= 0.6 is 0 Å².